The largest absolute Gasteiger partial charge is 0.494 e. The summed E-state index contributed by atoms with van der Waals surface area (Å²) in [6, 6.07) is 13.5. The summed E-state index contributed by atoms with van der Waals surface area (Å²) in [5, 5.41) is 0. The minimum absolute atomic E-state index is 0. The van der Waals surface area contributed by atoms with Crippen LogP contribution in [0.25, 0.3) is 0 Å². The predicted molar refractivity (Wildman–Crippen MR) is 154 cm³/mol. The molecule has 0 spiro atoms. The molecule has 3 aliphatic heterocycles. The molecule has 38 heavy (non-hydrogen) atoms. The lowest BCUT2D eigenvalue weighted by Gasteiger charge is -2.33. The summed E-state index contributed by atoms with van der Waals surface area (Å²) < 4.78 is 21.1. The minimum atomic E-state index is -0.266. The normalized spacial score (nSPS) is 22.3. The van der Waals surface area contributed by atoms with Crippen LogP contribution < -0.4 is 14.5 Å². The first-order valence-electron chi connectivity index (χ1n) is 14.6. The number of unbranched alkanes of at least 4 members (excludes halogenated alkanes) is 1. The number of carbonyl (C=O) groups excluding carboxylic acids is 1. The number of nitrogens with zero attached hydrogens (tertiary/aromatic N) is 4. The van der Waals surface area contributed by atoms with Gasteiger partial charge in [-0.1, -0.05) is 13.3 Å². The van der Waals surface area contributed by atoms with Crippen molar-refractivity contribution in [1.82, 2.24) is 9.80 Å². The lowest BCUT2D eigenvalue weighted by molar-refractivity contribution is 0.0993. The summed E-state index contributed by atoms with van der Waals surface area (Å²) >= 11 is 0. The summed E-state index contributed by atoms with van der Waals surface area (Å²) in [6.07, 6.45) is 8.38. The van der Waals surface area contributed by atoms with E-state index in [2.05, 4.69) is 21.6 Å². The number of ether oxygens (including phenoxy) is 1. The van der Waals surface area contributed by atoms with E-state index in [9.17, 15) is 4.79 Å². The maximum atomic E-state index is 15.4. The third-order valence-corrected chi connectivity index (χ3v) is 8.55. The van der Waals surface area contributed by atoms with Crippen LogP contribution in [0.4, 0.5) is 15.8 Å². The Morgan fingerprint density at radius 1 is 1.05 bits per heavy atom. The molecule has 0 bridgehead atoms. The molecule has 0 aromatic heterocycles. The maximum Gasteiger partial charge on any atom is 0.258 e. The zero-order valence-electron chi connectivity index (χ0n) is 23.1. The fourth-order valence-electron chi connectivity index (χ4n) is 6.33. The van der Waals surface area contributed by atoms with Crippen molar-refractivity contribution in [2.24, 2.45) is 0 Å². The lowest BCUT2D eigenvalue weighted by atomic mass is 10.1. The molecule has 3 heterocycles. The van der Waals surface area contributed by atoms with E-state index < -0.39 is 0 Å². The molecule has 0 radical (unpaired) electrons. The van der Waals surface area contributed by atoms with E-state index in [4.69, 9.17) is 4.74 Å². The van der Waals surface area contributed by atoms with Crippen LogP contribution in [0.2, 0.25) is 0 Å². The Labute approximate surface area is 228 Å². The third kappa shape index (κ3) is 6.15. The fraction of sp³-hybridized carbons (Fsp3) is 0.581. The monoisotopic (exact) mass is 524 g/mol. The van der Waals surface area contributed by atoms with Gasteiger partial charge in [0.1, 0.15) is 11.6 Å². The molecule has 208 valence electrons. The molecule has 0 N–H and O–H groups in total. The zero-order chi connectivity index (χ0) is 26.5. The van der Waals surface area contributed by atoms with Gasteiger partial charge in [-0.05, 0) is 101 Å². The highest BCUT2D eigenvalue weighted by Crippen LogP contribution is 2.32. The van der Waals surface area contributed by atoms with Gasteiger partial charge in [-0.15, -0.1) is 0 Å². The number of anilines is 2. The molecule has 3 aliphatic rings. The molecule has 6 nitrogen and oxygen atoms in total. The Bertz CT molecular complexity index is 1080. The minimum Gasteiger partial charge on any atom is -0.494 e. The number of hydrogen-bond donors (Lipinski definition) is 0. The molecule has 2 unspecified atom stereocenters. The van der Waals surface area contributed by atoms with Crippen LogP contribution in [0.3, 0.4) is 0 Å². The van der Waals surface area contributed by atoms with Gasteiger partial charge in [-0.3, -0.25) is 9.69 Å². The molecule has 0 saturated carbocycles. The molecule has 3 saturated heterocycles. The topological polar surface area (TPSA) is 39.3 Å². The van der Waals surface area contributed by atoms with Crippen molar-refractivity contribution >= 4 is 17.3 Å². The molecule has 7 heteroatoms. The van der Waals surface area contributed by atoms with Crippen molar-refractivity contribution in [1.29, 1.82) is 0 Å². The van der Waals surface area contributed by atoms with E-state index in [-0.39, 0.29) is 13.2 Å². The van der Waals surface area contributed by atoms with Gasteiger partial charge in [0.05, 0.1) is 12.3 Å². The Balaban J connectivity index is 0.00000353. The molecule has 2 aromatic rings. The van der Waals surface area contributed by atoms with Crippen molar-refractivity contribution in [2.45, 2.75) is 64.0 Å². The van der Waals surface area contributed by atoms with E-state index in [1.54, 1.807) is 19.2 Å². The van der Waals surface area contributed by atoms with E-state index >= 15 is 4.39 Å². The standard InChI is InChI=1S/C31H43FN4O2.H2/c1-3-4-20-38-28-12-9-24(10-13-28)31(37)33(2)25-11-14-30(29(32)21-25)35-19-15-27(23-35)36-18-7-8-26(36)22-34-16-5-6-17-34;/h9-14,21,26-27H,3-8,15-20,22-23H2,1-2H3;1H. The van der Waals surface area contributed by atoms with Crippen LogP contribution in [-0.4, -0.2) is 80.7 Å². The smallest absolute Gasteiger partial charge is 0.258 e. The number of rotatable bonds is 10. The molecule has 3 fully saturated rings. The van der Waals surface area contributed by atoms with Crippen molar-refractivity contribution < 1.29 is 15.3 Å². The summed E-state index contributed by atoms with van der Waals surface area (Å²) in [6.45, 7) is 9.38. The number of hydrogen-bond acceptors (Lipinski definition) is 5. The number of halogens is 1. The quantitative estimate of drug-likeness (QED) is 0.375. The predicted octanol–water partition coefficient (Wildman–Crippen LogP) is 5.67. The first-order valence-corrected chi connectivity index (χ1v) is 14.6. The second-order valence-electron chi connectivity index (χ2n) is 11.2. The van der Waals surface area contributed by atoms with E-state index in [0.717, 1.165) is 44.6 Å². The molecule has 5 rings (SSSR count). The van der Waals surface area contributed by atoms with Gasteiger partial charge in [0.15, 0.2) is 0 Å². The average Bonchev–Trinajstić information content (AvgIpc) is 3.71. The van der Waals surface area contributed by atoms with Gasteiger partial charge in [0.2, 0.25) is 0 Å². The molecular formula is C31H45FN4O2. The Morgan fingerprint density at radius 2 is 1.84 bits per heavy atom. The molecule has 0 aliphatic carbocycles. The lowest BCUT2D eigenvalue weighted by Crippen LogP contribution is -2.45. The Morgan fingerprint density at radius 3 is 2.58 bits per heavy atom. The van der Waals surface area contributed by atoms with Crippen LogP contribution >= 0.6 is 0 Å². The van der Waals surface area contributed by atoms with Gasteiger partial charge in [-0.25, -0.2) is 4.39 Å². The summed E-state index contributed by atoms with van der Waals surface area (Å²) in [5.74, 6) is 0.322. The van der Waals surface area contributed by atoms with E-state index in [0.29, 0.717) is 35.6 Å². The first kappa shape index (κ1) is 26.9. The number of amides is 1. The molecular weight excluding hydrogens is 479 g/mol. The van der Waals surface area contributed by atoms with Crippen molar-refractivity contribution in [3.63, 3.8) is 0 Å². The van der Waals surface area contributed by atoms with Crippen LogP contribution in [-0.2, 0) is 0 Å². The average molecular weight is 525 g/mol. The van der Waals surface area contributed by atoms with Crippen LogP contribution in [0.15, 0.2) is 42.5 Å². The number of likely N-dealkylation sites (tertiary alicyclic amines) is 2. The number of carbonyl (C=O) groups is 1. The zero-order valence-corrected chi connectivity index (χ0v) is 23.1. The highest BCUT2D eigenvalue weighted by Gasteiger charge is 2.36. The van der Waals surface area contributed by atoms with Crippen molar-refractivity contribution in [2.75, 3.05) is 62.7 Å². The van der Waals surface area contributed by atoms with Crippen molar-refractivity contribution in [3.8, 4) is 5.75 Å². The van der Waals surface area contributed by atoms with E-state index in [1.807, 2.05) is 24.3 Å². The third-order valence-electron chi connectivity index (χ3n) is 8.55. The highest BCUT2D eigenvalue weighted by molar-refractivity contribution is 6.05. The van der Waals surface area contributed by atoms with Gasteiger partial charge in [-0.2, -0.15) is 0 Å². The first-order chi connectivity index (χ1) is 18.5. The van der Waals surface area contributed by atoms with E-state index in [1.165, 1.54) is 56.3 Å². The highest BCUT2D eigenvalue weighted by atomic mass is 19.1. The van der Waals surface area contributed by atoms with Crippen LogP contribution in [0.1, 0.15) is 63.7 Å². The van der Waals surface area contributed by atoms with Crippen LogP contribution in [0.5, 0.6) is 5.75 Å². The second kappa shape index (κ2) is 12.5. The van der Waals surface area contributed by atoms with Gasteiger partial charge < -0.3 is 19.4 Å². The number of benzene rings is 2. The van der Waals surface area contributed by atoms with Gasteiger partial charge >= 0.3 is 0 Å². The van der Waals surface area contributed by atoms with Gasteiger partial charge in [0.25, 0.3) is 5.91 Å². The SMILES string of the molecule is CCCCOc1ccc(C(=O)N(C)c2ccc(N3CCC(N4CCCC4CN4CCCC4)C3)c(F)c2)cc1.[HH]. The molecule has 2 atom stereocenters. The molecule has 1 amide bonds. The maximum absolute atomic E-state index is 15.4. The Hall–Kier alpha value is -2.64. The summed E-state index contributed by atoms with van der Waals surface area (Å²) in [7, 11) is 1.70. The summed E-state index contributed by atoms with van der Waals surface area (Å²) in [4.78, 5) is 22.1. The Kier molecular flexibility index (Phi) is 8.85. The fourth-order valence-corrected chi connectivity index (χ4v) is 6.33. The second-order valence-corrected chi connectivity index (χ2v) is 11.2. The molecule has 2 aromatic carbocycles. The van der Waals surface area contributed by atoms with Gasteiger partial charge in [0, 0.05) is 51.4 Å². The van der Waals surface area contributed by atoms with Crippen molar-refractivity contribution in [3.05, 3.63) is 53.8 Å². The summed E-state index contributed by atoms with van der Waals surface area (Å²) in [5.41, 5.74) is 1.75. The van der Waals surface area contributed by atoms with Crippen LogP contribution in [0, 0.1) is 5.82 Å².